The van der Waals surface area contributed by atoms with Crippen molar-refractivity contribution in [3.8, 4) is 0 Å². The molecule has 0 amide bonds. The SMILES string of the molecule is CNc1nc2c(ncn2[C@H]2C[C@@H](O)[C@H](CO)O2)c(=O)[nH]1. The molecule has 108 valence electrons. The van der Waals surface area contributed by atoms with Crippen LogP contribution in [0.25, 0.3) is 11.2 Å². The summed E-state index contributed by atoms with van der Waals surface area (Å²) in [6.07, 6.45) is -0.147. The summed E-state index contributed by atoms with van der Waals surface area (Å²) >= 11 is 0. The van der Waals surface area contributed by atoms with E-state index in [0.717, 1.165) is 0 Å². The fourth-order valence-electron chi connectivity index (χ4n) is 2.31. The lowest BCUT2D eigenvalue weighted by molar-refractivity contribution is -0.0432. The van der Waals surface area contributed by atoms with E-state index in [9.17, 15) is 9.90 Å². The fourth-order valence-corrected chi connectivity index (χ4v) is 2.31. The van der Waals surface area contributed by atoms with Crippen LogP contribution >= 0.6 is 0 Å². The summed E-state index contributed by atoms with van der Waals surface area (Å²) in [4.78, 5) is 22.6. The predicted molar refractivity (Wildman–Crippen MR) is 69.3 cm³/mol. The van der Waals surface area contributed by atoms with Crippen LogP contribution in [-0.2, 0) is 4.74 Å². The molecule has 9 nitrogen and oxygen atoms in total. The Kier molecular flexibility index (Phi) is 3.16. The predicted octanol–water partition coefficient (Wildman–Crippen LogP) is -1.20. The molecule has 1 aliphatic heterocycles. The first-order valence-corrected chi connectivity index (χ1v) is 6.23. The van der Waals surface area contributed by atoms with Crippen molar-refractivity contribution in [2.75, 3.05) is 19.0 Å². The van der Waals surface area contributed by atoms with E-state index in [4.69, 9.17) is 9.84 Å². The number of aromatic amines is 1. The maximum absolute atomic E-state index is 11.8. The van der Waals surface area contributed by atoms with Gasteiger partial charge >= 0.3 is 0 Å². The lowest BCUT2D eigenvalue weighted by Crippen LogP contribution is -2.24. The highest BCUT2D eigenvalue weighted by Gasteiger charge is 2.35. The minimum absolute atomic E-state index is 0.203. The number of aromatic nitrogens is 4. The van der Waals surface area contributed by atoms with Crippen LogP contribution in [0.1, 0.15) is 12.6 Å². The second kappa shape index (κ2) is 4.85. The summed E-state index contributed by atoms with van der Waals surface area (Å²) in [5, 5.41) is 21.6. The fraction of sp³-hybridized carbons (Fsp3) is 0.545. The molecular formula is C11H15N5O4. The van der Waals surface area contributed by atoms with Gasteiger partial charge in [0.1, 0.15) is 12.3 Å². The van der Waals surface area contributed by atoms with E-state index in [2.05, 4.69) is 20.3 Å². The van der Waals surface area contributed by atoms with E-state index in [1.807, 2.05) is 0 Å². The summed E-state index contributed by atoms with van der Waals surface area (Å²) in [5.41, 5.74) is 0.221. The third kappa shape index (κ3) is 1.96. The van der Waals surface area contributed by atoms with Crippen molar-refractivity contribution < 1.29 is 14.9 Å². The summed E-state index contributed by atoms with van der Waals surface area (Å²) in [6, 6.07) is 0. The van der Waals surface area contributed by atoms with Crippen molar-refractivity contribution in [3.05, 3.63) is 16.7 Å². The van der Waals surface area contributed by atoms with Crippen molar-refractivity contribution in [2.24, 2.45) is 0 Å². The van der Waals surface area contributed by atoms with Gasteiger partial charge in [0, 0.05) is 13.5 Å². The number of imidazole rings is 1. The molecule has 0 radical (unpaired) electrons. The van der Waals surface area contributed by atoms with Gasteiger partial charge in [-0.05, 0) is 0 Å². The number of aliphatic hydroxyl groups is 2. The molecule has 0 saturated carbocycles. The first-order valence-electron chi connectivity index (χ1n) is 6.23. The number of fused-ring (bicyclic) bond motifs is 1. The minimum Gasteiger partial charge on any atom is -0.394 e. The van der Waals surface area contributed by atoms with Gasteiger partial charge in [0.25, 0.3) is 5.56 Å². The Morgan fingerprint density at radius 2 is 2.45 bits per heavy atom. The topological polar surface area (TPSA) is 125 Å². The van der Waals surface area contributed by atoms with Crippen LogP contribution in [-0.4, -0.2) is 55.6 Å². The van der Waals surface area contributed by atoms with Gasteiger partial charge < -0.3 is 20.3 Å². The largest absolute Gasteiger partial charge is 0.394 e. The standard InChI is InChI=1S/C11H15N5O4/c1-12-11-14-9-8(10(19)15-11)13-4-16(9)7-2-5(18)6(3-17)20-7/h4-7,17-18H,2-3H2,1H3,(H2,12,14,15,19)/t5-,6+,7-/m1/s1. The Morgan fingerprint density at radius 1 is 1.65 bits per heavy atom. The van der Waals surface area contributed by atoms with Gasteiger partial charge in [-0.2, -0.15) is 4.98 Å². The molecule has 1 saturated heterocycles. The molecular weight excluding hydrogens is 266 g/mol. The maximum atomic E-state index is 11.8. The highest BCUT2D eigenvalue weighted by Crippen LogP contribution is 2.30. The lowest BCUT2D eigenvalue weighted by atomic mass is 10.2. The summed E-state index contributed by atoms with van der Waals surface area (Å²) in [6.45, 7) is -0.264. The maximum Gasteiger partial charge on any atom is 0.280 e. The second-order valence-electron chi connectivity index (χ2n) is 4.60. The van der Waals surface area contributed by atoms with Crippen LogP contribution in [0.4, 0.5) is 5.95 Å². The lowest BCUT2D eigenvalue weighted by Gasteiger charge is -2.13. The van der Waals surface area contributed by atoms with Crippen LogP contribution in [0.15, 0.2) is 11.1 Å². The molecule has 0 unspecified atom stereocenters. The molecule has 0 spiro atoms. The molecule has 1 fully saturated rings. The quantitative estimate of drug-likeness (QED) is 0.557. The van der Waals surface area contributed by atoms with Crippen LogP contribution in [0.5, 0.6) is 0 Å². The van der Waals surface area contributed by atoms with E-state index in [1.165, 1.54) is 6.33 Å². The Morgan fingerprint density at radius 3 is 3.10 bits per heavy atom. The van der Waals surface area contributed by atoms with E-state index in [1.54, 1.807) is 11.6 Å². The van der Waals surface area contributed by atoms with Gasteiger partial charge in [-0.25, -0.2) is 4.98 Å². The number of aliphatic hydroxyl groups excluding tert-OH is 2. The van der Waals surface area contributed by atoms with Crippen molar-refractivity contribution in [2.45, 2.75) is 24.9 Å². The van der Waals surface area contributed by atoms with Gasteiger partial charge in [0.2, 0.25) is 5.95 Å². The molecule has 0 aromatic carbocycles. The Bertz CT molecular complexity index is 681. The third-order valence-electron chi connectivity index (χ3n) is 3.36. The number of nitrogens with zero attached hydrogens (tertiary/aromatic N) is 3. The average molecular weight is 281 g/mol. The molecule has 3 atom stereocenters. The third-order valence-corrected chi connectivity index (χ3v) is 3.36. The Hall–Kier alpha value is -1.97. The highest BCUT2D eigenvalue weighted by atomic mass is 16.5. The zero-order valence-corrected chi connectivity index (χ0v) is 10.8. The number of hydrogen-bond acceptors (Lipinski definition) is 7. The smallest absolute Gasteiger partial charge is 0.280 e. The van der Waals surface area contributed by atoms with Crippen molar-refractivity contribution in [1.29, 1.82) is 0 Å². The molecule has 9 heteroatoms. The number of H-pyrrole nitrogens is 1. The average Bonchev–Trinajstić information content (AvgIpc) is 3.01. The Labute approximate surface area is 113 Å². The molecule has 20 heavy (non-hydrogen) atoms. The van der Waals surface area contributed by atoms with Gasteiger partial charge in [0.05, 0.1) is 19.0 Å². The van der Waals surface area contributed by atoms with Gasteiger partial charge in [-0.15, -0.1) is 0 Å². The zero-order valence-electron chi connectivity index (χ0n) is 10.8. The highest BCUT2D eigenvalue weighted by molar-refractivity contribution is 5.70. The van der Waals surface area contributed by atoms with Crippen molar-refractivity contribution in [1.82, 2.24) is 19.5 Å². The number of hydrogen-bond donors (Lipinski definition) is 4. The van der Waals surface area contributed by atoms with Gasteiger partial charge in [-0.3, -0.25) is 14.3 Å². The monoisotopic (exact) mass is 281 g/mol. The molecule has 0 aliphatic carbocycles. The normalized spacial score (nSPS) is 26.2. The second-order valence-corrected chi connectivity index (χ2v) is 4.60. The molecule has 2 aromatic rings. The van der Waals surface area contributed by atoms with Gasteiger partial charge in [0.15, 0.2) is 11.2 Å². The van der Waals surface area contributed by atoms with E-state index in [0.29, 0.717) is 18.0 Å². The van der Waals surface area contributed by atoms with E-state index in [-0.39, 0.29) is 17.7 Å². The molecule has 4 N–H and O–H groups in total. The first-order chi connectivity index (χ1) is 9.63. The molecule has 3 heterocycles. The minimum atomic E-state index is -0.756. The number of rotatable bonds is 3. The Balaban J connectivity index is 2.05. The van der Waals surface area contributed by atoms with Gasteiger partial charge in [-0.1, -0.05) is 0 Å². The molecule has 2 aromatic heterocycles. The van der Waals surface area contributed by atoms with Crippen molar-refractivity contribution in [3.63, 3.8) is 0 Å². The van der Waals surface area contributed by atoms with Crippen molar-refractivity contribution >= 4 is 17.1 Å². The molecule has 1 aliphatic rings. The zero-order chi connectivity index (χ0) is 14.3. The van der Waals surface area contributed by atoms with E-state index >= 15 is 0 Å². The number of anilines is 1. The molecule has 3 rings (SSSR count). The van der Waals surface area contributed by atoms with Crippen LogP contribution in [0, 0.1) is 0 Å². The number of ether oxygens (including phenoxy) is 1. The van der Waals surface area contributed by atoms with Crippen LogP contribution < -0.4 is 10.9 Å². The summed E-state index contributed by atoms with van der Waals surface area (Å²) in [7, 11) is 1.64. The first kappa shape index (κ1) is 13.0. The summed E-state index contributed by atoms with van der Waals surface area (Å²) < 4.78 is 7.13. The van der Waals surface area contributed by atoms with Crippen LogP contribution in [0.3, 0.4) is 0 Å². The van der Waals surface area contributed by atoms with Crippen LogP contribution in [0.2, 0.25) is 0 Å². The summed E-state index contributed by atoms with van der Waals surface area (Å²) in [5.74, 6) is 0.321. The van der Waals surface area contributed by atoms with E-state index < -0.39 is 18.4 Å². The number of nitrogens with one attached hydrogen (secondary N) is 2. The molecule has 0 bridgehead atoms.